The van der Waals surface area contributed by atoms with Gasteiger partial charge in [0.1, 0.15) is 11.5 Å². The maximum Gasteiger partial charge on any atom is 0.246 e. The Balaban J connectivity index is 1.62. The standard InChI is InChI=1S/C26H29BrN4O3/c1-6-24(32)31-14-19(10-20(31)12-27)29-26-28-13-18-9-17(7-8-21(18)30-26)25-15(2)22(33-4)11-23(34-5)16(25)3/h6-9,11,13,19-20H,1,10,12,14H2,2-5H3,(H,28,29,30). The van der Waals surface area contributed by atoms with E-state index >= 15 is 0 Å². The third-order valence-electron chi connectivity index (χ3n) is 6.44. The maximum absolute atomic E-state index is 12.1. The monoisotopic (exact) mass is 524 g/mol. The van der Waals surface area contributed by atoms with E-state index in [0.717, 1.165) is 56.4 Å². The van der Waals surface area contributed by atoms with Crippen molar-refractivity contribution in [2.24, 2.45) is 0 Å². The minimum Gasteiger partial charge on any atom is -0.496 e. The number of carbonyl (C=O) groups is 1. The van der Waals surface area contributed by atoms with E-state index in [1.54, 1.807) is 14.2 Å². The molecule has 1 aliphatic rings. The van der Waals surface area contributed by atoms with Crippen molar-refractivity contribution >= 4 is 38.7 Å². The van der Waals surface area contributed by atoms with Gasteiger partial charge < -0.3 is 19.7 Å². The van der Waals surface area contributed by atoms with Crippen molar-refractivity contribution in [1.29, 1.82) is 0 Å². The SMILES string of the molecule is C=CC(=O)N1CC(Nc2ncc3cc(-c4c(C)c(OC)cc(OC)c4C)ccc3n2)CC1CBr. The molecule has 34 heavy (non-hydrogen) atoms. The molecule has 2 atom stereocenters. The average Bonchev–Trinajstić information content (AvgIpc) is 3.26. The zero-order chi connectivity index (χ0) is 24.4. The Labute approximate surface area is 208 Å². The zero-order valence-corrected chi connectivity index (χ0v) is 21.5. The molecule has 2 heterocycles. The first-order chi connectivity index (χ1) is 16.4. The number of benzene rings is 2. The molecule has 0 bridgehead atoms. The summed E-state index contributed by atoms with van der Waals surface area (Å²) in [4.78, 5) is 23.3. The average molecular weight is 525 g/mol. The number of anilines is 1. The molecular formula is C26H29BrN4O3. The predicted molar refractivity (Wildman–Crippen MR) is 139 cm³/mol. The molecule has 0 saturated carbocycles. The second-order valence-electron chi connectivity index (χ2n) is 8.45. The fourth-order valence-electron chi connectivity index (χ4n) is 4.72. The molecule has 1 fully saturated rings. The lowest BCUT2D eigenvalue weighted by atomic mass is 9.93. The lowest BCUT2D eigenvalue weighted by Crippen LogP contribution is -2.36. The summed E-state index contributed by atoms with van der Waals surface area (Å²) in [7, 11) is 3.33. The number of methoxy groups -OCH3 is 2. The molecule has 1 aliphatic heterocycles. The van der Waals surface area contributed by atoms with E-state index in [1.165, 1.54) is 6.08 Å². The van der Waals surface area contributed by atoms with E-state index in [9.17, 15) is 4.79 Å². The third-order valence-corrected chi connectivity index (χ3v) is 7.19. The minimum absolute atomic E-state index is 0.0551. The predicted octanol–water partition coefficient (Wildman–Crippen LogP) is 4.89. The normalized spacial score (nSPS) is 17.6. The van der Waals surface area contributed by atoms with Crippen LogP contribution in [-0.2, 0) is 4.79 Å². The highest BCUT2D eigenvalue weighted by molar-refractivity contribution is 9.09. The Kier molecular flexibility index (Phi) is 7.07. The van der Waals surface area contributed by atoms with Crippen LogP contribution in [-0.4, -0.2) is 59.0 Å². The lowest BCUT2D eigenvalue weighted by Gasteiger charge is -2.20. The van der Waals surface area contributed by atoms with Crippen LogP contribution in [0.2, 0.25) is 0 Å². The number of carbonyl (C=O) groups excluding carboxylic acids is 1. The molecule has 8 heteroatoms. The molecule has 2 aromatic carbocycles. The molecule has 1 N–H and O–H groups in total. The van der Waals surface area contributed by atoms with Crippen LogP contribution in [0.15, 0.2) is 43.1 Å². The fraction of sp³-hybridized carbons (Fsp3) is 0.346. The number of hydrogen-bond acceptors (Lipinski definition) is 6. The van der Waals surface area contributed by atoms with Crippen LogP contribution < -0.4 is 14.8 Å². The number of nitrogens with one attached hydrogen (secondary N) is 1. The molecule has 0 spiro atoms. The number of aromatic nitrogens is 2. The Morgan fingerprint density at radius 3 is 2.56 bits per heavy atom. The van der Waals surface area contributed by atoms with Crippen LogP contribution >= 0.6 is 15.9 Å². The lowest BCUT2D eigenvalue weighted by molar-refractivity contribution is -0.126. The van der Waals surface area contributed by atoms with Gasteiger partial charge in [0.15, 0.2) is 0 Å². The summed E-state index contributed by atoms with van der Waals surface area (Å²) < 4.78 is 11.1. The molecule has 7 nitrogen and oxygen atoms in total. The second-order valence-corrected chi connectivity index (χ2v) is 9.10. The molecule has 178 valence electrons. The highest BCUT2D eigenvalue weighted by Gasteiger charge is 2.33. The van der Waals surface area contributed by atoms with Gasteiger partial charge in [0.25, 0.3) is 0 Å². The van der Waals surface area contributed by atoms with Crippen LogP contribution in [0, 0.1) is 13.8 Å². The number of fused-ring (bicyclic) bond motifs is 1. The first kappa shape index (κ1) is 24.0. The van der Waals surface area contributed by atoms with Crippen molar-refractivity contribution < 1.29 is 14.3 Å². The smallest absolute Gasteiger partial charge is 0.246 e. The fourth-order valence-corrected chi connectivity index (χ4v) is 5.33. The van der Waals surface area contributed by atoms with Crippen molar-refractivity contribution in [2.45, 2.75) is 32.4 Å². The van der Waals surface area contributed by atoms with Crippen LogP contribution in [0.5, 0.6) is 11.5 Å². The molecule has 1 amide bonds. The summed E-state index contributed by atoms with van der Waals surface area (Å²) in [6, 6.07) is 8.28. The molecule has 1 saturated heterocycles. The van der Waals surface area contributed by atoms with Gasteiger partial charge >= 0.3 is 0 Å². The molecule has 3 aromatic rings. The summed E-state index contributed by atoms with van der Waals surface area (Å²) in [6.45, 7) is 8.31. The number of alkyl halides is 1. The summed E-state index contributed by atoms with van der Waals surface area (Å²) in [6.07, 6.45) is 4.02. The number of likely N-dealkylation sites (tertiary alicyclic amines) is 1. The van der Waals surface area contributed by atoms with Gasteiger partial charge in [0.2, 0.25) is 11.9 Å². The highest BCUT2D eigenvalue weighted by Crippen LogP contribution is 2.39. The van der Waals surface area contributed by atoms with E-state index in [2.05, 4.69) is 58.8 Å². The van der Waals surface area contributed by atoms with Gasteiger partial charge in [-0.15, -0.1) is 0 Å². The molecule has 0 radical (unpaired) electrons. The van der Waals surface area contributed by atoms with E-state index in [1.807, 2.05) is 23.2 Å². The van der Waals surface area contributed by atoms with Gasteiger partial charge in [-0.3, -0.25) is 4.79 Å². The highest BCUT2D eigenvalue weighted by atomic mass is 79.9. The summed E-state index contributed by atoms with van der Waals surface area (Å²) in [5, 5.41) is 5.06. The Bertz CT molecular complexity index is 1220. The summed E-state index contributed by atoms with van der Waals surface area (Å²) >= 11 is 3.51. The quantitative estimate of drug-likeness (QED) is 0.350. The van der Waals surface area contributed by atoms with Gasteiger partial charge in [-0.05, 0) is 60.7 Å². The Morgan fingerprint density at radius 1 is 1.24 bits per heavy atom. The first-order valence-electron chi connectivity index (χ1n) is 11.1. The molecule has 2 unspecified atom stereocenters. The summed E-state index contributed by atoms with van der Waals surface area (Å²) in [5.74, 6) is 2.08. The van der Waals surface area contributed by atoms with Crippen molar-refractivity contribution in [2.75, 3.05) is 31.4 Å². The maximum atomic E-state index is 12.1. The van der Waals surface area contributed by atoms with Crippen LogP contribution in [0.3, 0.4) is 0 Å². The van der Waals surface area contributed by atoms with E-state index in [-0.39, 0.29) is 18.0 Å². The van der Waals surface area contributed by atoms with Crippen LogP contribution in [0.1, 0.15) is 17.5 Å². The summed E-state index contributed by atoms with van der Waals surface area (Å²) in [5.41, 5.74) is 5.10. The van der Waals surface area contributed by atoms with Gasteiger partial charge in [0, 0.05) is 41.6 Å². The molecule has 0 aliphatic carbocycles. The first-order valence-corrected chi connectivity index (χ1v) is 12.3. The van der Waals surface area contributed by atoms with Crippen LogP contribution in [0.25, 0.3) is 22.0 Å². The van der Waals surface area contributed by atoms with Gasteiger partial charge in [-0.2, -0.15) is 0 Å². The van der Waals surface area contributed by atoms with Crippen molar-refractivity contribution in [3.8, 4) is 22.6 Å². The van der Waals surface area contributed by atoms with E-state index < -0.39 is 0 Å². The molecule has 1 aromatic heterocycles. The number of halogens is 1. The molecule has 4 rings (SSSR count). The zero-order valence-electron chi connectivity index (χ0n) is 19.9. The van der Waals surface area contributed by atoms with Gasteiger partial charge in [-0.25, -0.2) is 9.97 Å². The number of nitrogens with zero attached hydrogens (tertiary/aromatic N) is 3. The molecular weight excluding hydrogens is 496 g/mol. The van der Waals surface area contributed by atoms with Crippen LogP contribution in [0.4, 0.5) is 5.95 Å². The van der Waals surface area contributed by atoms with E-state index in [0.29, 0.717) is 12.5 Å². The Hall–Kier alpha value is -3.13. The third kappa shape index (κ3) is 4.46. The van der Waals surface area contributed by atoms with Crippen molar-refractivity contribution in [3.63, 3.8) is 0 Å². The number of amides is 1. The Morgan fingerprint density at radius 2 is 1.94 bits per heavy atom. The minimum atomic E-state index is -0.0551. The topological polar surface area (TPSA) is 76.6 Å². The largest absolute Gasteiger partial charge is 0.496 e. The number of rotatable bonds is 7. The van der Waals surface area contributed by atoms with Gasteiger partial charge in [-0.1, -0.05) is 28.6 Å². The van der Waals surface area contributed by atoms with Crippen molar-refractivity contribution in [1.82, 2.24) is 14.9 Å². The van der Waals surface area contributed by atoms with Gasteiger partial charge in [0.05, 0.1) is 19.7 Å². The van der Waals surface area contributed by atoms with E-state index in [4.69, 9.17) is 14.5 Å². The van der Waals surface area contributed by atoms with Crippen molar-refractivity contribution in [3.05, 3.63) is 54.2 Å². The second kappa shape index (κ2) is 10.0. The number of hydrogen-bond donors (Lipinski definition) is 1. The number of ether oxygens (including phenoxy) is 2.